The maximum Gasteiger partial charge on any atom is 0.231 e. The minimum Gasteiger partial charge on any atom is -0.438 e. The zero-order valence-electron chi connectivity index (χ0n) is 11.0. The Kier molecular flexibility index (Phi) is 2.89. The molecule has 0 amide bonds. The molecule has 4 rings (SSSR count). The second-order valence-corrected chi connectivity index (χ2v) is 6.07. The van der Waals surface area contributed by atoms with Gasteiger partial charge in [0.05, 0.1) is 5.39 Å². The first-order valence-electron chi connectivity index (χ1n) is 6.90. The predicted octanol–water partition coefficient (Wildman–Crippen LogP) is 4.36. The van der Waals surface area contributed by atoms with E-state index in [1.54, 1.807) is 17.7 Å². The van der Waals surface area contributed by atoms with Gasteiger partial charge in [-0.3, -0.25) is 0 Å². The maximum absolute atomic E-state index is 5.97. The molecule has 0 atom stereocenters. The normalized spacial score (nSPS) is 14.2. The molecule has 0 spiro atoms. The Hall–Kier alpha value is -1.94. The topological polar surface area (TPSA) is 35.0 Å². The van der Waals surface area contributed by atoms with Crippen LogP contribution >= 0.6 is 11.3 Å². The Morgan fingerprint density at radius 3 is 2.75 bits per heavy atom. The van der Waals surface area contributed by atoms with Gasteiger partial charge in [-0.1, -0.05) is 18.2 Å². The van der Waals surface area contributed by atoms with Crippen LogP contribution in [0.15, 0.2) is 36.7 Å². The van der Waals surface area contributed by atoms with Crippen LogP contribution in [0.25, 0.3) is 10.2 Å². The molecule has 1 aromatic carbocycles. The van der Waals surface area contributed by atoms with Crippen LogP contribution < -0.4 is 4.74 Å². The molecule has 3 nitrogen and oxygen atoms in total. The number of ether oxygens (including phenoxy) is 1. The van der Waals surface area contributed by atoms with Crippen molar-refractivity contribution in [3.05, 3.63) is 47.1 Å². The summed E-state index contributed by atoms with van der Waals surface area (Å²) in [6.07, 6.45) is 6.41. The molecule has 4 heteroatoms. The summed E-state index contributed by atoms with van der Waals surface area (Å²) in [5.41, 5.74) is 1.41. The minimum atomic E-state index is 0.695. The zero-order valence-corrected chi connectivity index (χ0v) is 11.8. The molecule has 0 aliphatic heterocycles. The second kappa shape index (κ2) is 4.87. The van der Waals surface area contributed by atoms with E-state index in [2.05, 4.69) is 9.97 Å². The molecule has 0 saturated heterocycles. The van der Waals surface area contributed by atoms with Gasteiger partial charge in [-0.15, -0.1) is 11.3 Å². The van der Waals surface area contributed by atoms with E-state index >= 15 is 0 Å². The first-order valence-corrected chi connectivity index (χ1v) is 7.71. The van der Waals surface area contributed by atoms with Crippen LogP contribution in [-0.2, 0) is 12.8 Å². The third kappa shape index (κ3) is 1.96. The summed E-state index contributed by atoms with van der Waals surface area (Å²) in [5.74, 6) is 1.52. The summed E-state index contributed by atoms with van der Waals surface area (Å²) < 4.78 is 5.97. The zero-order chi connectivity index (χ0) is 13.4. The molecule has 1 aliphatic carbocycles. The van der Waals surface area contributed by atoms with Gasteiger partial charge >= 0.3 is 0 Å². The largest absolute Gasteiger partial charge is 0.438 e. The van der Waals surface area contributed by atoms with Gasteiger partial charge in [-0.05, 0) is 43.4 Å². The molecule has 100 valence electrons. The average Bonchev–Trinajstić information content (AvgIpc) is 2.88. The molecule has 20 heavy (non-hydrogen) atoms. The van der Waals surface area contributed by atoms with Gasteiger partial charge in [0.2, 0.25) is 5.88 Å². The summed E-state index contributed by atoms with van der Waals surface area (Å²) in [6.45, 7) is 0. The highest BCUT2D eigenvalue weighted by molar-refractivity contribution is 7.18. The van der Waals surface area contributed by atoms with E-state index in [1.165, 1.54) is 29.7 Å². The van der Waals surface area contributed by atoms with Crippen molar-refractivity contribution in [3.8, 4) is 11.6 Å². The van der Waals surface area contributed by atoms with Crippen LogP contribution in [0, 0.1) is 0 Å². The minimum absolute atomic E-state index is 0.695. The lowest BCUT2D eigenvalue weighted by Gasteiger charge is -2.11. The van der Waals surface area contributed by atoms with Crippen molar-refractivity contribution in [2.45, 2.75) is 25.7 Å². The van der Waals surface area contributed by atoms with Gasteiger partial charge in [0.25, 0.3) is 0 Å². The first-order chi connectivity index (χ1) is 9.92. The fourth-order valence-corrected chi connectivity index (χ4v) is 3.96. The van der Waals surface area contributed by atoms with Gasteiger partial charge in [-0.2, -0.15) is 0 Å². The summed E-state index contributed by atoms with van der Waals surface area (Å²) in [6, 6.07) is 9.82. The number of hydrogen-bond donors (Lipinski definition) is 0. The number of thiophene rings is 1. The highest BCUT2D eigenvalue weighted by atomic mass is 32.1. The number of fused-ring (bicyclic) bond motifs is 3. The van der Waals surface area contributed by atoms with Crippen molar-refractivity contribution in [1.82, 2.24) is 9.97 Å². The number of hydrogen-bond acceptors (Lipinski definition) is 4. The Balaban J connectivity index is 1.85. The number of nitrogens with zero attached hydrogens (tertiary/aromatic N) is 2. The number of aromatic nitrogens is 2. The summed E-state index contributed by atoms with van der Waals surface area (Å²) >= 11 is 1.79. The van der Waals surface area contributed by atoms with E-state index in [4.69, 9.17) is 4.74 Å². The fraction of sp³-hybridized carbons (Fsp3) is 0.250. The lowest BCUT2D eigenvalue weighted by molar-refractivity contribution is 0.468. The van der Waals surface area contributed by atoms with Gasteiger partial charge < -0.3 is 4.74 Å². The van der Waals surface area contributed by atoms with Crippen molar-refractivity contribution in [1.29, 1.82) is 0 Å². The third-order valence-electron chi connectivity index (χ3n) is 3.67. The first kappa shape index (κ1) is 11.9. The Morgan fingerprint density at radius 2 is 1.85 bits per heavy atom. The molecule has 0 saturated carbocycles. The van der Waals surface area contributed by atoms with Crippen molar-refractivity contribution >= 4 is 21.6 Å². The molecule has 2 heterocycles. The standard InChI is InChI=1S/C16H14N2OS/c1-2-6-11(7-3-1)19-15-14-12-8-4-5-9-13(12)20-16(14)18-10-17-15/h1-3,6-7,10H,4-5,8-9H2. The van der Waals surface area contributed by atoms with Crippen LogP contribution in [0.2, 0.25) is 0 Å². The lowest BCUT2D eigenvalue weighted by Crippen LogP contribution is -1.99. The molecular formula is C16H14N2OS. The average molecular weight is 282 g/mol. The third-order valence-corrected chi connectivity index (χ3v) is 4.87. The van der Waals surface area contributed by atoms with E-state index in [0.717, 1.165) is 22.4 Å². The SMILES string of the molecule is c1ccc(Oc2ncnc3sc4c(c23)CCCC4)cc1. The number of aryl methyl sites for hydroxylation is 2. The maximum atomic E-state index is 5.97. The molecule has 0 unspecified atom stereocenters. The molecular weight excluding hydrogens is 268 g/mol. The molecule has 0 fully saturated rings. The van der Waals surface area contributed by atoms with Gasteiger partial charge in [0.15, 0.2) is 0 Å². The molecule has 2 aromatic heterocycles. The van der Waals surface area contributed by atoms with E-state index in [-0.39, 0.29) is 0 Å². The Morgan fingerprint density at radius 1 is 1.00 bits per heavy atom. The number of para-hydroxylation sites is 1. The fourth-order valence-electron chi connectivity index (χ4n) is 2.74. The lowest BCUT2D eigenvalue weighted by atomic mass is 9.97. The van der Waals surface area contributed by atoms with E-state index in [9.17, 15) is 0 Å². The van der Waals surface area contributed by atoms with Crippen molar-refractivity contribution in [2.75, 3.05) is 0 Å². The molecule has 0 N–H and O–H groups in total. The molecule has 0 bridgehead atoms. The summed E-state index contributed by atoms with van der Waals surface area (Å²) in [4.78, 5) is 11.3. The quantitative estimate of drug-likeness (QED) is 0.700. The monoisotopic (exact) mass is 282 g/mol. The number of benzene rings is 1. The summed E-state index contributed by atoms with van der Waals surface area (Å²) in [5, 5.41) is 1.12. The Labute approximate surface area is 121 Å². The van der Waals surface area contributed by atoms with Crippen LogP contribution in [-0.4, -0.2) is 9.97 Å². The van der Waals surface area contributed by atoms with E-state index in [1.807, 2.05) is 30.3 Å². The van der Waals surface area contributed by atoms with Gasteiger partial charge in [0.1, 0.15) is 16.9 Å². The van der Waals surface area contributed by atoms with Gasteiger partial charge in [-0.25, -0.2) is 9.97 Å². The molecule has 0 radical (unpaired) electrons. The van der Waals surface area contributed by atoms with Crippen molar-refractivity contribution in [3.63, 3.8) is 0 Å². The smallest absolute Gasteiger partial charge is 0.231 e. The van der Waals surface area contributed by atoms with Gasteiger partial charge in [0, 0.05) is 4.88 Å². The van der Waals surface area contributed by atoms with Crippen molar-refractivity contribution in [2.24, 2.45) is 0 Å². The highest BCUT2D eigenvalue weighted by Gasteiger charge is 2.20. The Bertz CT molecular complexity index is 752. The summed E-state index contributed by atoms with van der Waals surface area (Å²) in [7, 11) is 0. The molecule has 1 aliphatic rings. The van der Waals surface area contributed by atoms with Crippen LogP contribution in [0.1, 0.15) is 23.3 Å². The van der Waals surface area contributed by atoms with E-state index in [0.29, 0.717) is 5.88 Å². The van der Waals surface area contributed by atoms with Crippen LogP contribution in [0.4, 0.5) is 0 Å². The van der Waals surface area contributed by atoms with Crippen LogP contribution in [0.5, 0.6) is 11.6 Å². The highest BCUT2D eigenvalue weighted by Crippen LogP contribution is 2.39. The number of rotatable bonds is 2. The van der Waals surface area contributed by atoms with E-state index < -0.39 is 0 Å². The van der Waals surface area contributed by atoms with Crippen LogP contribution in [0.3, 0.4) is 0 Å². The predicted molar refractivity (Wildman–Crippen MR) is 80.6 cm³/mol. The second-order valence-electron chi connectivity index (χ2n) is 4.98. The van der Waals surface area contributed by atoms with Crippen molar-refractivity contribution < 1.29 is 4.74 Å². The molecule has 3 aromatic rings.